The lowest BCUT2D eigenvalue weighted by atomic mass is 10.2. The Bertz CT molecular complexity index is 333. The van der Waals surface area contributed by atoms with Crippen LogP contribution in [-0.2, 0) is 5.33 Å². The maximum Gasteiger partial charge on any atom is 0.281 e. The Morgan fingerprint density at radius 3 is 2.64 bits per heavy atom. The van der Waals surface area contributed by atoms with Gasteiger partial charge in [0.25, 0.3) is 6.43 Å². The van der Waals surface area contributed by atoms with Crippen molar-refractivity contribution in [2.45, 2.75) is 11.8 Å². The molecule has 0 N–H and O–H groups in total. The van der Waals surface area contributed by atoms with E-state index in [0.29, 0.717) is 9.80 Å². The van der Waals surface area contributed by atoms with E-state index in [0.717, 1.165) is 5.56 Å². The first kappa shape index (κ1) is 11.8. The molecule has 0 atom stereocenters. The third-order valence-corrected chi connectivity index (χ3v) is 2.83. The SMILES string of the molecule is COc1nc(C(F)F)c(Br)cc1CBr. The van der Waals surface area contributed by atoms with Crippen LogP contribution in [0.4, 0.5) is 8.78 Å². The van der Waals surface area contributed by atoms with Gasteiger partial charge in [-0.1, -0.05) is 15.9 Å². The molecule has 0 saturated heterocycles. The predicted molar refractivity (Wildman–Crippen MR) is 56.1 cm³/mol. The van der Waals surface area contributed by atoms with Crippen molar-refractivity contribution in [1.82, 2.24) is 4.98 Å². The zero-order chi connectivity index (χ0) is 10.7. The number of methoxy groups -OCH3 is 1. The molecule has 0 fully saturated rings. The van der Waals surface area contributed by atoms with Crippen molar-refractivity contribution < 1.29 is 13.5 Å². The van der Waals surface area contributed by atoms with Crippen molar-refractivity contribution in [3.05, 3.63) is 21.8 Å². The number of hydrogen-bond acceptors (Lipinski definition) is 2. The summed E-state index contributed by atoms with van der Waals surface area (Å²) in [6.45, 7) is 0. The Hall–Kier alpha value is -0.230. The summed E-state index contributed by atoms with van der Waals surface area (Å²) in [5, 5.41) is 0.505. The van der Waals surface area contributed by atoms with E-state index < -0.39 is 6.43 Å². The number of alkyl halides is 3. The molecule has 0 aliphatic carbocycles. The Morgan fingerprint density at radius 2 is 2.21 bits per heavy atom. The van der Waals surface area contributed by atoms with Gasteiger partial charge >= 0.3 is 0 Å². The van der Waals surface area contributed by atoms with Gasteiger partial charge in [0.1, 0.15) is 5.69 Å². The molecular weight excluding hydrogens is 324 g/mol. The van der Waals surface area contributed by atoms with E-state index in [9.17, 15) is 8.78 Å². The molecule has 1 heterocycles. The molecule has 0 radical (unpaired) electrons. The fourth-order valence-corrected chi connectivity index (χ4v) is 1.89. The van der Waals surface area contributed by atoms with Crippen LogP contribution in [0.25, 0.3) is 0 Å². The topological polar surface area (TPSA) is 22.1 Å². The van der Waals surface area contributed by atoms with Gasteiger partial charge in [-0.05, 0) is 22.0 Å². The normalized spacial score (nSPS) is 10.7. The molecule has 0 saturated carbocycles. The fourth-order valence-electron chi connectivity index (χ4n) is 0.949. The van der Waals surface area contributed by atoms with E-state index >= 15 is 0 Å². The zero-order valence-corrected chi connectivity index (χ0v) is 10.4. The lowest BCUT2D eigenvalue weighted by Crippen LogP contribution is -1.99. The van der Waals surface area contributed by atoms with Gasteiger partial charge in [0, 0.05) is 15.4 Å². The summed E-state index contributed by atoms with van der Waals surface area (Å²) < 4.78 is 30.0. The minimum atomic E-state index is -2.61. The first-order valence-corrected chi connectivity index (χ1v) is 5.59. The molecule has 78 valence electrons. The lowest BCUT2D eigenvalue weighted by Gasteiger charge is -2.09. The average Bonchev–Trinajstić information content (AvgIpc) is 2.16. The molecule has 0 aromatic carbocycles. The lowest BCUT2D eigenvalue weighted by molar-refractivity contribution is 0.144. The number of rotatable bonds is 3. The summed E-state index contributed by atoms with van der Waals surface area (Å²) in [7, 11) is 1.40. The molecule has 1 rings (SSSR count). The first-order chi connectivity index (χ1) is 6.60. The van der Waals surface area contributed by atoms with Crippen molar-refractivity contribution >= 4 is 31.9 Å². The number of ether oxygens (including phenoxy) is 1. The summed E-state index contributed by atoms with van der Waals surface area (Å²) in [5.41, 5.74) is 0.426. The first-order valence-electron chi connectivity index (χ1n) is 3.67. The summed E-state index contributed by atoms with van der Waals surface area (Å²) in [6.07, 6.45) is -2.61. The van der Waals surface area contributed by atoms with Crippen LogP contribution in [-0.4, -0.2) is 12.1 Å². The summed E-state index contributed by atoms with van der Waals surface area (Å²) in [4.78, 5) is 3.71. The minimum Gasteiger partial charge on any atom is -0.481 e. The van der Waals surface area contributed by atoms with Gasteiger partial charge in [0.15, 0.2) is 0 Å². The van der Waals surface area contributed by atoms with Gasteiger partial charge in [-0.2, -0.15) is 0 Å². The molecule has 0 aliphatic heterocycles. The van der Waals surface area contributed by atoms with Crippen molar-refractivity contribution in [1.29, 1.82) is 0 Å². The molecule has 14 heavy (non-hydrogen) atoms. The third-order valence-electron chi connectivity index (χ3n) is 1.59. The van der Waals surface area contributed by atoms with Gasteiger partial charge < -0.3 is 4.74 Å². The van der Waals surface area contributed by atoms with E-state index in [-0.39, 0.29) is 11.6 Å². The van der Waals surface area contributed by atoms with Crippen molar-refractivity contribution in [3.8, 4) is 5.88 Å². The van der Waals surface area contributed by atoms with Gasteiger partial charge in [-0.25, -0.2) is 13.8 Å². The second-order valence-corrected chi connectivity index (χ2v) is 3.87. The molecule has 1 aromatic rings. The van der Waals surface area contributed by atoms with Crippen LogP contribution in [0, 0.1) is 0 Å². The number of halogens is 4. The molecule has 2 nitrogen and oxygen atoms in total. The second kappa shape index (κ2) is 5.02. The molecule has 6 heteroatoms. The zero-order valence-electron chi connectivity index (χ0n) is 7.23. The van der Waals surface area contributed by atoms with Gasteiger partial charge in [0.2, 0.25) is 5.88 Å². The van der Waals surface area contributed by atoms with E-state index in [4.69, 9.17) is 4.74 Å². The smallest absolute Gasteiger partial charge is 0.281 e. The third kappa shape index (κ3) is 2.42. The van der Waals surface area contributed by atoms with Crippen molar-refractivity contribution in [2.24, 2.45) is 0 Å². The Labute approximate surface area is 96.9 Å². The number of aromatic nitrogens is 1. The highest BCUT2D eigenvalue weighted by Crippen LogP contribution is 2.31. The Balaban J connectivity index is 3.23. The quantitative estimate of drug-likeness (QED) is 0.789. The molecule has 0 amide bonds. The van der Waals surface area contributed by atoms with E-state index in [1.165, 1.54) is 7.11 Å². The number of pyridine rings is 1. The van der Waals surface area contributed by atoms with Crippen LogP contribution in [0.15, 0.2) is 10.5 Å². The maximum atomic E-state index is 12.4. The van der Waals surface area contributed by atoms with Crippen LogP contribution in [0.1, 0.15) is 17.7 Å². The summed E-state index contributed by atoms with van der Waals surface area (Å²) in [6, 6.07) is 1.57. The van der Waals surface area contributed by atoms with E-state index in [1.807, 2.05) is 0 Å². The largest absolute Gasteiger partial charge is 0.481 e. The van der Waals surface area contributed by atoms with Crippen LogP contribution in [0.5, 0.6) is 5.88 Å². The number of nitrogens with zero attached hydrogens (tertiary/aromatic N) is 1. The highest BCUT2D eigenvalue weighted by molar-refractivity contribution is 9.10. The maximum absolute atomic E-state index is 12.4. The van der Waals surface area contributed by atoms with Crippen LogP contribution < -0.4 is 4.74 Å². The van der Waals surface area contributed by atoms with Gasteiger partial charge in [-0.15, -0.1) is 0 Å². The molecular formula is C8H7Br2F2NO. The molecule has 0 aliphatic rings. The number of hydrogen-bond donors (Lipinski definition) is 0. The minimum absolute atomic E-state index is 0.223. The Kier molecular flexibility index (Phi) is 4.25. The van der Waals surface area contributed by atoms with Crippen LogP contribution in [0.3, 0.4) is 0 Å². The van der Waals surface area contributed by atoms with Gasteiger partial charge in [-0.3, -0.25) is 0 Å². The molecule has 0 spiro atoms. The monoisotopic (exact) mass is 329 g/mol. The van der Waals surface area contributed by atoms with Crippen molar-refractivity contribution in [2.75, 3.05) is 7.11 Å². The molecule has 1 aromatic heterocycles. The molecule has 0 unspecified atom stereocenters. The average molecular weight is 331 g/mol. The van der Waals surface area contributed by atoms with E-state index in [2.05, 4.69) is 36.8 Å². The highest BCUT2D eigenvalue weighted by Gasteiger charge is 2.17. The Morgan fingerprint density at radius 1 is 1.57 bits per heavy atom. The standard InChI is InChI=1S/C8H7Br2F2NO/c1-14-8-4(3-9)2-5(10)6(13-8)7(11)12/h2,7H,3H2,1H3. The summed E-state index contributed by atoms with van der Waals surface area (Å²) in [5.74, 6) is 0.223. The molecule has 0 bridgehead atoms. The summed E-state index contributed by atoms with van der Waals surface area (Å²) >= 11 is 6.25. The fraction of sp³-hybridized carbons (Fsp3) is 0.375. The van der Waals surface area contributed by atoms with E-state index in [1.54, 1.807) is 6.07 Å². The van der Waals surface area contributed by atoms with Crippen LogP contribution in [0.2, 0.25) is 0 Å². The highest BCUT2D eigenvalue weighted by atomic mass is 79.9. The van der Waals surface area contributed by atoms with Crippen molar-refractivity contribution in [3.63, 3.8) is 0 Å². The van der Waals surface area contributed by atoms with Crippen LogP contribution >= 0.6 is 31.9 Å². The second-order valence-electron chi connectivity index (χ2n) is 2.46. The predicted octanol–water partition coefficient (Wildman–Crippen LogP) is 3.69. The van der Waals surface area contributed by atoms with Gasteiger partial charge in [0.05, 0.1) is 7.11 Å².